The van der Waals surface area contributed by atoms with Gasteiger partial charge in [-0.25, -0.2) is 4.98 Å². The van der Waals surface area contributed by atoms with E-state index in [1.165, 1.54) is 5.69 Å². The Hall–Kier alpha value is -5.02. The minimum atomic E-state index is 0.217. The number of hydrogen-bond acceptors (Lipinski definition) is 8. The molecule has 0 amide bonds. The molecule has 0 radical (unpaired) electrons. The number of aryl methyl sites for hydroxylation is 2. The normalized spacial score (nSPS) is 15.3. The second kappa shape index (κ2) is 10.8. The van der Waals surface area contributed by atoms with Gasteiger partial charge in [-0.3, -0.25) is 15.0 Å². The van der Waals surface area contributed by atoms with Crippen LogP contribution in [0.2, 0.25) is 0 Å². The van der Waals surface area contributed by atoms with E-state index in [-0.39, 0.29) is 6.10 Å². The highest BCUT2D eigenvalue weighted by Gasteiger charge is 2.18. The molecule has 5 heterocycles. The lowest BCUT2D eigenvalue weighted by Crippen LogP contribution is -2.41. The summed E-state index contributed by atoms with van der Waals surface area (Å²) in [4.78, 5) is 24.3. The summed E-state index contributed by atoms with van der Waals surface area (Å²) in [5, 5.41) is 8.08. The molecule has 0 bridgehead atoms. The zero-order valence-electron chi connectivity index (χ0n) is 23.8. The third-order valence-electron chi connectivity index (χ3n) is 7.48. The Labute approximate surface area is 244 Å². The van der Waals surface area contributed by atoms with E-state index in [0.29, 0.717) is 0 Å². The number of rotatable bonds is 6. The van der Waals surface area contributed by atoms with Crippen LogP contribution >= 0.6 is 0 Å². The van der Waals surface area contributed by atoms with Gasteiger partial charge in [-0.1, -0.05) is 0 Å². The first kappa shape index (κ1) is 25.9. The van der Waals surface area contributed by atoms with Crippen LogP contribution in [0, 0.1) is 13.8 Å². The van der Waals surface area contributed by atoms with Crippen LogP contribution in [0.4, 0.5) is 28.4 Å². The lowest BCUT2D eigenvalue weighted by atomic mass is 10.1. The number of anilines is 5. The van der Waals surface area contributed by atoms with E-state index in [1.807, 2.05) is 56.4 Å². The number of aromatic nitrogens is 5. The van der Waals surface area contributed by atoms with E-state index < -0.39 is 0 Å². The number of morpholine rings is 1. The van der Waals surface area contributed by atoms with E-state index in [2.05, 4.69) is 62.8 Å². The topological polar surface area (TPSA) is 104 Å². The molecule has 1 atom stereocenters. The third kappa shape index (κ3) is 5.34. The summed E-state index contributed by atoms with van der Waals surface area (Å²) in [5.74, 6) is 0.725. The van der Waals surface area contributed by atoms with Gasteiger partial charge in [0.25, 0.3) is 0 Å². The van der Waals surface area contributed by atoms with Gasteiger partial charge in [-0.2, -0.15) is 0 Å². The lowest BCUT2D eigenvalue weighted by molar-refractivity contribution is 0.0532. The van der Waals surface area contributed by atoms with Crippen molar-refractivity contribution in [1.29, 1.82) is 0 Å². The molecule has 9 nitrogen and oxygen atoms in total. The average molecular weight is 557 g/mol. The van der Waals surface area contributed by atoms with E-state index in [9.17, 15) is 0 Å². The number of benzene rings is 2. The number of nitrogens with zero attached hydrogens (tertiary/aromatic N) is 5. The number of hydrogen-bond donors (Lipinski definition) is 3. The smallest absolute Gasteiger partial charge is 0.157 e. The summed E-state index contributed by atoms with van der Waals surface area (Å²) in [7, 11) is 0. The third-order valence-corrected chi connectivity index (χ3v) is 7.48. The fraction of sp³-hybridized carbons (Fsp3) is 0.212. The molecule has 3 N–H and O–H groups in total. The first-order valence-electron chi connectivity index (χ1n) is 14.2. The molecule has 1 saturated heterocycles. The SMILES string of the molecule is Cc1cc(Nc2ccc3nc(-c4ccc(Nc5cc(C)nc6ccc(N7CCO[C@H](C)C7)cc56)cn4)[nH]c3c2)ccn1. The summed E-state index contributed by atoms with van der Waals surface area (Å²) >= 11 is 0. The second-order valence-corrected chi connectivity index (χ2v) is 10.8. The van der Waals surface area contributed by atoms with Crippen molar-refractivity contribution >= 4 is 50.4 Å². The molecule has 4 aromatic heterocycles. The molecule has 0 aliphatic carbocycles. The summed E-state index contributed by atoms with van der Waals surface area (Å²) in [6, 6.07) is 22.6. The van der Waals surface area contributed by atoms with Gasteiger partial charge in [0, 0.05) is 58.8 Å². The molecule has 1 aliphatic rings. The van der Waals surface area contributed by atoms with Crippen LogP contribution in [-0.4, -0.2) is 50.7 Å². The molecule has 0 unspecified atom stereocenters. The highest BCUT2D eigenvalue weighted by molar-refractivity contribution is 5.95. The van der Waals surface area contributed by atoms with Gasteiger partial charge in [0.1, 0.15) is 5.69 Å². The predicted molar refractivity (Wildman–Crippen MR) is 169 cm³/mol. The van der Waals surface area contributed by atoms with Gasteiger partial charge in [0.15, 0.2) is 5.82 Å². The number of ether oxygens (including phenoxy) is 1. The quantitative estimate of drug-likeness (QED) is 0.204. The highest BCUT2D eigenvalue weighted by atomic mass is 16.5. The molecule has 1 aliphatic heterocycles. The average Bonchev–Trinajstić information content (AvgIpc) is 3.41. The van der Waals surface area contributed by atoms with Crippen molar-refractivity contribution in [2.45, 2.75) is 26.9 Å². The highest BCUT2D eigenvalue weighted by Crippen LogP contribution is 2.31. The molecule has 6 aromatic rings. The molecule has 210 valence electrons. The molecular formula is C33H32N8O. The molecule has 42 heavy (non-hydrogen) atoms. The molecule has 9 heteroatoms. The Kier molecular flexibility index (Phi) is 6.64. The van der Waals surface area contributed by atoms with Gasteiger partial charge < -0.3 is 25.3 Å². The van der Waals surface area contributed by atoms with Crippen molar-refractivity contribution in [2.24, 2.45) is 0 Å². The van der Waals surface area contributed by atoms with E-state index in [1.54, 1.807) is 6.20 Å². The number of pyridine rings is 3. The molecular weight excluding hydrogens is 524 g/mol. The Morgan fingerprint density at radius 1 is 0.833 bits per heavy atom. The van der Waals surface area contributed by atoms with Gasteiger partial charge in [-0.05, 0) is 87.5 Å². The maximum Gasteiger partial charge on any atom is 0.157 e. The Balaban J connectivity index is 1.12. The van der Waals surface area contributed by atoms with E-state index in [0.717, 1.165) is 87.3 Å². The van der Waals surface area contributed by atoms with Crippen molar-refractivity contribution in [3.63, 3.8) is 0 Å². The van der Waals surface area contributed by atoms with Crippen molar-refractivity contribution in [3.8, 4) is 11.5 Å². The van der Waals surface area contributed by atoms with Gasteiger partial charge in [0.05, 0.1) is 41.1 Å². The Morgan fingerprint density at radius 3 is 2.52 bits per heavy atom. The summed E-state index contributed by atoms with van der Waals surface area (Å²) in [5.41, 5.74) is 10.5. The minimum absolute atomic E-state index is 0.217. The van der Waals surface area contributed by atoms with Crippen LogP contribution in [0.1, 0.15) is 18.3 Å². The van der Waals surface area contributed by atoms with Crippen LogP contribution in [-0.2, 0) is 4.74 Å². The fourth-order valence-corrected chi connectivity index (χ4v) is 5.46. The standard InChI is InChI=1S/C33H32N8O/c1-20-14-24(10-11-34-20)37-23-4-7-29-32(16-23)40-33(39-29)30-8-5-25(18-35-30)38-31-15-21(2)36-28-9-6-26(17-27(28)31)41-12-13-42-22(3)19-41/h4-11,14-18,22H,12-13,19H2,1-3H3,(H,34,37)(H,36,38)(H,39,40)/t22-/m1/s1. The maximum atomic E-state index is 5.74. The number of fused-ring (bicyclic) bond motifs is 2. The number of imidazole rings is 1. The molecule has 1 fully saturated rings. The van der Waals surface area contributed by atoms with Crippen molar-refractivity contribution < 1.29 is 4.74 Å². The molecule has 7 rings (SSSR count). The van der Waals surface area contributed by atoms with Crippen LogP contribution in [0.5, 0.6) is 0 Å². The minimum Gasteiger partial charge on any atom is -0.375 e. The maximum absolute atomic E-state index is 5.74. The lowest BCUT2D eigenvalue weighted by Gasteiger charge is -2.33. The predicted octanol–water partition coefficient (Wildman–Crippen LogP) is 6.90. The summed E-state index contributed by atoms with van der Waals surface area (Å²) in [6.45, 7) is 8.61. The Morgan fingerprint density at radius 2 is 1.69 bits per heavy atom. The van der Waals surface area contributed by atoms with Crippen molar-refractivity contribution in [3.05, 3.63) is 90.5 Å². The number of aromatic amines is 1. The monoisotopic (exact) mass is 556 g/mol. The molecule has 0 spiro atoms. The zero-order valence-corrected chi connectivity index (χ0v) is 23.8. The summed E-state index contributed by atoms with van der Waals surface area (Å²) in [6.07, 6.45) is 3.86. The van der Waals surface area contributed by atoms with Crippen LogP contribution in [0.15, 0.2) is 79.1 Å². The number of nitrogens with one attached hydrogen (secondary N) is 3. The largest absolute Gasteiger partial charge is 0.375 e. The van der Waals surface area contributed by atoms with Crippen LogP contribution in [0.3, 0.4) is 0 Å². The Bertz CT molecular complexity index is 1900. The second-order valence-electron chi connectivity index (χ2n) is 10.8. The van der Waals surface area contributed by atoms with Gasteiger partial charge in [-0.15, -0.1) is 0 Å². The van der Waals surface area contributed by atoms with Crippen molar-refractivity contribution in [1.82, 2.24) is 24.9 Å². The van der Waals surface area contributed by atoms with Crippen LogP contribution in [0.25, 0.3) is 33.5 Å². The first-order chi connectivity index (χ1) is 20.5. The summed E-state index contributed by atoms with van der Waals surface area (Å²) < 4.78 is 5.74. The van der Waals surface area contributed by atoms with Crippen LogP contribution < -0.4 is 15.5 Å². The van der Waals surface area contributed by atoms with E-state index in [4.69, 9.17) is 19.7 Å². The molecule has 0 saturated carbocycles. The van der Waals surface area contributed by atoms with E-state index >= 15 is 0 Å². The number of H-pyrrole nitrogens is 1. The fourth-order valence-electron chi connectivity index (χ4n) is 5.46. The molecule has 2 aromatic carbocycles. The van der Waals surface area contributed by atoms with Gasteiger partial charge >= 0.3 is 0 Å². The van der Waals surface area contributed by atoms with Gasteiger partial charge in [0.2, 0.25) is 0 Å². The zero-order chi connectivity index (χ0) is 28.6. The first-order valence-corrected chi connectivity index (χ1v) is 14.2. The van der Waals surface area contributed by atoms with Crippen molar-refractivity contribution in [2.75, 3.05) is 35.2 Å².